The van der Waals surface area contributed by atoms with Crippen molar-refractivity contribution >= 4 is 15.7 Å². The molecular weight excluding hydrogens is 344 g/mol. The Labute approximate surface area is 147 Å². The number of benzene rings is 2. The molecule has 0 aromatic heterocycles. The van der Waals surface area contributed by atoms with Gasteiger partial charge in [0.15, 0.2) is 11.5 Å². The van der Waals surface area contributed by atoms with Crippen LogP contribution in [0.4, 0.5) is 0 Å². The van der Waals surface area contributed by atoms with E-state index >= 15 is 0 Å². The molecule has 8 heteroatoms. The van der Waals surface area contributed by atoms with E-state index in [1.807, 2.05) is 0 Å². The zero-order valence-corrected chi connectivity index (χ0v) is 15.3. The van der Waals surface area contributed by atoms with Crippen LogP contribution in [-0.4, -0.2) is 35.5 Å². The predicted molar refractivity (Wildman–Crippen MR) is 95.1 cm³/mol. The minimum atomic E-state index is -3.73. The van der Waals surface area contributed by atoms with Crippen molar-refractivity contribution in [3.8, 4) is 17.2 Å². The van der Waals surface area contributed by atoms with E-state index in [1.54, 1.807) is 37.3 Å². The first-order chi connectivity index (χ1) is 11.9. The van der Waals surface area contributed by atoms with Gasteiger partial charge in [-0.2, -0.15) is 18.4 Å². The number of sulfonamides is 1. The van der Waals surface area contributed by atoms with Gasteiger partial charge in [-0.05, 0) is 31.2 Å². The number of hydrogen-bond acceptors (Lipinski definition) is 6. The van der Waals surface area contributed by atoms with Crippen LogP contribution in [0.2, 0.25) is 0 Å². The molecule has 0 heterocycles. The predicted octanol–water partition coefficient (Wildman–Crippen LogP) is 2.41. The van der Waals surface area contributed by atoms with E-state index in [1.165, 1.54) is 33.5 Å². The number of methoxy groups -OCH3 is 3. The summed E-state index contributed by atoms with van der Waals surface area (Å²) in [6.45, 7) is 1.67. The molecule has 0 saturated carbocycles. The lowest BCUT2D eigenvalue weighted by atomic mass is 10.1. The zero-order chi connectivity index (χ0) is 18.4. The summed E-state index contributed by atoms with van der Waals surface area (Å²) < 4.78 is 40.3. The number of nitrogens with zero attached hydrogens (tertiary/aromatic N) is 1. The molecule has 2 rings (SSSR count). The summed E-state index contributed by atoms with van der Waals surface area (Å²) in [7, 11) is 0.788. The van der Waals surface area contributed by atoms with Crippen LogP contribution in [0.3, 0.4) is 0 Å². The molecule has 7 nitrogen and oxygen atoms in total. The molecule has 0 atom stereocenters. The molecular formula is C17H20N2O5S. The number of hydrogen-bond donors (Lipinski definition) is 1. The van der Waals surface area contributed by atoms with Crippen molar-refractivity contribution in [2.24, 2.45) is 5.10 Å². The van der Waals surface area contributed by atoms with Crippen LogP contribution in [0.15, 0.2) is 52.5 Å². The van der Waals surface area contributed by atoms with Crippen molar-refractivity contribution in [1.29, 1.82) is 0 Å². The summed E-state index contributed by atoms with van der Waals surface area (Å²) in [5, 5.41) is 3.98. The first kappa shape index (κ1) is 18.6. The van der Waals surface area contributed by atoms with E-state index in [2.05, 4.69) is 9.93 Å². The Morgan fingerprint density at radius 2 is 1.52 bits per heavy atom. The maximum Gasteiger partial charge on any atom is 0.276 e. The Morgan fingerprint density at radius 3 is 2.00 bits per heavy atom. The van der Waals surface area contributed by atoms with Crippen molar-refractivity contribution in [3.05, 3.63) is 48.0 Å². The average Bonchev–Trinajstić information content (AvgIpc) is 2.65. The Hall–Kier alpha value is -2.74. The van der Waals surface area contributed by atoms with Gasteiger partial charge in [0.25, 0.3) is 10.0 Å². The van der Waals surface area contributed by atoms with E-state index in [0.717, 1.165) is 0 Å². The highest BCUT2D eigenvalue weighted by atomic mass is 32.2. The fraction of sp³-hybridized carbons (Fsp3) is 0.235. The molecule has 0 saturated heterocycles. The van der Waals surface area contributed by atoms with E-state index in [0.29, 0.717) is 28.5 Å². The number of ether oxygens (including phenoxy) is 3. The summed E-state index contributed by atoms with van der Waals surface area (Å²) in [5.41, 5.74) is 1.07. The third-order valence-electron chi connectivity index (χ3n) is 3.47. The largest absolute Gasteiger partial charge is 0.493 e. The molecule has 25 heavy (non-hydrogen) atoms. The smallest absolute Gasteiger partial charge is 0.276 e. The number of hydrazone groups is 1. The fourth-order valence-electron chi connectivity index (χ4n) is 2.14. The maximum absolute atomic E-state index is 12.2. The van der Waals surface area contributed by atoms with Gasteiger partial charge in [-0.1, -0.05) is 18.2 Å². The number of rotatable bonds is 7. The lowest BCUT2D eigenvalue weighted by molar-refractivity contribution is 0.324. The van der Waals surface area contributed by atoms with E-state index in [4.69, 9.17) is 14.2 Å². The van der Waals surface area contributed by atoms with Crippen LogP contribution in [-0.2, 0) is 10.0 Å². The van der Waals surface area contributed by atoms with Crippen molar-refractivity contribution in [1.82, 2.24) is 4.83 Å². The minimum absolute atomic E-state index is 0.136. The SMILES string of the molecule is COc1cc(C(C)=NNS(=O)(=O)c2ccccc2)cc(OC)c1OC. The molecule has 2 aromatic rings. The number of nitrogens with one attached hydrogen (secondary N) is 1. The van der Waals surface area contributed by atoms with Crippen LogP contribution in [0.5, 0.6) is 17.2 Å². The topological polar surface area (TPSA) is 86.2 Å². The molecule has 134 valence electrons. The monoisotopic (exact) mass is 364 g/mol. The van der Waals surface area contributed by atoms with Gasteiger partial charge in [-0.15, -0.1) is 0 Å². The van der Waals surface area contributed by atoms with Crippen molar-refractivity contribution in [3.63, 3.8) is 0 Å². The molecule has 0 bridgehead atoms. The van der Waals surface area contributed by atoms with Crippen LogP contribution < -0.4 is 19.0 Å². The normalized spacial score (nSPS) is 11.8. The lowest BCUT2D eigenvalue weighted by Gasteiger charge is -2.14. The van der Waals surface area contributed by atoms with E-state index in [9.17, 15) is 8.42 Å². The fourth-order valence-corrected chi connectivity index (χ4v) is 3.01. The van der Waals surface area contributed by atoms with Gasteiger partial charge in [0, 0.05) is 5.56 Å². The highest BCUT2D eigenvalue weighted by Gasteiger charge is 2.16. The van der Waals surface area contributed by atoms with Crippen molar-refractivity contribution in [2.75, 3.05) is 21.3 Å². The third kappa shape index (κ3) is 4.21. The maximum atomic E-state index is 12.2. The third-order valence-corrected chi connectivity index (χ3v) is 4.69. The molecule has 0 aliphatic rings. The van der Waals surface area contributed by atoms with E-state index in [-0.39, 0.29) is 4.90 Å². The summed E-state index contributed by atoms with van der Waals surface area (Å²) in [6.07, 6.45) is 0. The molecule has 0 aliphatic carbocycles. The summed E-state index contributed by atoms with van der Waals surface area (Å²) in [5.74, 6) is 1.36. The molecule has 0 aliphatic heterocycles. The van der Waals surface area contributed by atoms with Crippen LogP contribution >= 0.6 is 0 Å². The first-order valence-electron chi connectivity index (χ1n) is 7.34. The van der Waals surface area contributed by atoms with Crippen molar-refractivity contribution in [2.45, 2.75) is 11.8 Å². The van der Waals surface area contributed by atoms with Gasteiger partial charge in [-0.3, -0.25) is 0 Å². The Kier molecular flexibility index (Phi) is 5.87. The van der Waals surface area contributed by atoms with Gasteiger partial charge in [0.2, 0.25) is 5.75 Å². The van der Waals surface area contributed by atoms with Crippen LogP contribution in [0, 0.1) is 0 Å². The molecule has 1 N–H and O–H groups in total. The standard InChI is InChI=1S/C17H20N2O5S/c1-12(18-19-25(20,21)14-8-6-5-7-9-14)13-10-15(22-2)17(24-4)16(11-13)23-3/h5-11,19H,1-4H3. The molecule has 2 aromatic carbocycles. The van der Waals surface area contributed by atoms with Gasteiger partial charge < -0.3 is 14.2 Å². The second kappa shape index (κ2) is 7.89. The second-order valence-electron chi connectivity index (χ2n) is 5.02. The first-order valence-corrected chi connectivity index (χ1v) is 8.82. The summed E-state index contributed by atoms with van der Waals surface area (Å²) in [4.78, 5) is 2.36. The average molecular weight is 364 g/mol. The molecule has 0 fully saturated rings. The van der Waals surface area contributed by atoms with Gasteiger partial charge in [-0.25, -0.2) is 0 Å². The molecule has 0 spiro atoms. The Bertz CT molecular complexity index is 839. The highest BCUT2D eigenvalue weighted by Crippen LogP contribution is 2.38. The highest BCUT2D eigenvalue weighted by molar-refractivity contribution is 7.89. The minimum Gasteiger partial charge on any atom is -0.493 e. The van der Waals surface area contributed by atoms with Crippen LogP contribution in [0.25, 0.3) is 0 Å². The zero-order valence-electron chi connectivity index (χ0n) is 14.4. The summed E-state index contributed by atoms with van der Waals surface area (Å²) >= 11 is 0. The molecule has 0 unspecified atom stereocenters. The van der Waals surface area contributed by atoms with Gasteiger partial charge in [0.05, 0.1) is 31.9 Å². The van der Waals surface area contributed by atoms with Crippen LogP contribution in [0.1, 0.15) is 12.5 Å². The molecule has 0 amide bonds. The Morgan fingerprint density at radius 1 is 0.960 bits per heavy atom. The second-order valence-corrected chi connectivity index (χ2v) is 6.68. The lowest BCUT2D eigenvalue weighted by Crippen LogP contribution is -2.19. The quantitative estimate of drug-likeness (QED) is 0.602. The summed E-state index contributed by atoms with van der Waals surface area (Å²) in [6, 6.07) is 11.4. The molecule has 0 radical (unpaired) electrons. The Balaban J connectivity index is 2.34. The van der Waals surface area contributed by atoms with Gasteiger partial charge in [0.1, 0.15) is 0 Å². The van der Waals surface area contributed by atoms with Crippen molar-refractivity contribution < 1.29 is 22.6 Å². The van der Waals surface area contributed by atoms with E-state index < -0.39 is 10.0 Å². The van der Waals surface area contributed by atoms with Gasteiger partial charge >= 0.3 is 0 Å².